The molecule has 7 heteroatoms. The maximum Gasteiger partial charge on any atom is 0.331 e. The number of carbonyl (C=O) groups is 2. The second kappa shape index (κ2) is 6.30. The highest BCUT2D eigenvalue weighted by atomic mass is 16.4. The van der Waals surface area contributed by atoms with E-state index in [-0.39, 0.29) is 6.54 Å². The Morgan fingerprint density at radius 1 is 1.61 bits per heavy atom. The number of hydrogen-bond acceptors (Lipinski definition) is 3. The van der Waals surface area contributed by atoms with Gasteiger partial charge in [0.1, 0.15) is 0 Å². The normalized spacial score (nSPS) is 11.0. The summed E-state index contributed by atoms with van der Waals surface area (Å²) in [6, 6.07) is -1.72. The van der Waals surface area contributed by atoms with Gasteiger partial charge in [0.05, 0.1) is 12.7 Å². The van der Waals surface area contributed by atoms with Crippen LogP contribution in [0.2, 0.25) is 0 Å². The van der Waals surface area contributed by atoms with E-state index in [0.717, 1.165) is 0 Å². The molecule has 1 rings (SSSR count). The molecular weight excluding hydrogens is 236 g/mol. The molecule has 2 amide bonds. The molecule has 96 valence electrons. The number of aliphatic carboxylic acids is 1. The fraction of sp³-hybridized carbons (Fsp3) is 0.364. The van der Waals surface area contributed by atoms with Gasteiger partial charge in [0.2, 0.25) is 0 Å². The summed E-state index contributed by atoms with van der Waals surface area (Å²) >= 11 is 0. The molecule has 1 aromatic rings. The van der Waals surface area contributed by atoms with E-state index in [0.29, 0.717) is 5.56 Å². The predicted molar refractivity (Wildman–Crippen MR) is 63.6 cm³/mol. The Balaban J connectivity index is 2.66. The maximum absolute atomic E-state index is 11.4. The number of amides is 2. The number of hydrogen-bond donors (Lipinski definition) is 3. The van der Waals surface area contributed by atoms with Crippen molar-refractivity contribution >= 4 is 12.0 Å². The molecule has 0 fully saturated rings. The standard InChI is InChI=1S/C11H14N4O3/c1-3-4-5-12-11(18)14-9(10(16)17)8-6-13-15(2)7-8/h6-7,9H,5H2,1-2H3,(H,16,17)(H2,12,14,18). The van der Waals surface area contributed by atoms with Crippen molar-refractivity contribution in [2.75, 3.05) is 6.54 Å². The van der Waals surface area contributed by atoms with Gasteiger partial charge in [-0.3, -0.25) is 4.68 Å². The summed E-state index contributed by atoms with van der Waals surface area (Å²) in [5.74, 6) is 4.10. The third-order valence-electron chi connectivity index (χ3n) is 2.09. The first kappa shape index (κ1) is 13.6. The van der Waals surface area contributed by atoms with Crippen LogP contribution in [0.1, 0.15) is 18.5 Å². The highest BCUT2D eigenvalue weighted by molar-refractivity contribution is 5.83. The van der Waals surface area contributed by atoms with Crippen LogP contribution in [0, 0.1) is 11.8 Å². The molecule has 0 aliphatic carbocycles. The summed E-state index contributed by atoms with van der Waals surface area (Å²) in [6.07, 6.45) is 2.93. The Bertz CT molecular complexity index is 498. The predicted octanol–water partition coefficient (Wildman–Crippen LogP) is -0.132. The SMILES string of the molecule is CC#CCNC(=O)NC(C(=O)O)c1cnn(C)c1. The van der Waals surface area contributed by atoms with Crippen molar-refractivity contribution in [3.05, 3.63) is 18.0 Å². The van der Waals surface area contributed by atoms with Crippen molar-refractivity contribution in [3.8, 4) is 11.8 Å². The molecule has 0 spiro atoms. The van der Waals surface area contributed by atoms with Gasteiger partial charge in [-0.25, -0.2) is 9.59 Å². The first-order valence-electron chi connectivity index (χ1n) is 5.20. The van der Waals surface area contributed by atoms with Crippen molar-refractivity contribution in [1.29, 1.82) is 0 Å². The summed E-state index contributed by atoms with van der Waals surface area (Å²) < 4.78 is 1.47. The number of urea groups is 1. The van der Waals surface area contributed by atoms with E-state index in [4.69, 9.17) is 5.11 Å². The van der Waals surface area contributed by atoms with Crippen molar-refractivity contribution in [1.82, 2.24) is 20.4 Å². The summed E-state index contributed by atoms with van der Waals surface area (Å²) in [5.41, 5.74) is 0.404. The van der Waals surface area contributed by atoms with Crippen LogP contribution in [0.3, 0.4) is 0 Å². The number of aromatic nitrogens is 2. The third-order valence-corrected chi connectivity index (χ3v) is 2.09. The molecule has 0 aromatic carbocycles. The minimum Gasteiger partial charge on any atom is -0.479 e. The van der Waals surface area contributed by atoms with Crippen LogP contribution in [-0.2, 0) is 11.8 Å². The zero-order valence-corrected chi connectivity index (χ0v) is 10.1. The smallest absolute Gasteiger partial charge is 0.331 e. The van der Waals surface area contributed by atoms with E-state index in [9.17, 15) is 9.59 Å². The molecule has 1 unspecified atom stereocenters. The van der Waals surface area contributed by atoms with E-state index in [1.807, 2.05) is 0 Å². The largest absolute Gasteiger partial charge is 0.479 e. The van der Waals surface area contributed by atoms with Gasteiger partial charge in [-0.05, 0) is 6.92 Å². The molecule has 0 aliphatic rings. The van der Waals surface area contributed by atoms with Crippen molar-refractivity contribution < 1.29 is 14.7 Å². The summed E-state index contributed by atoms with van der Waals surface area (Å²) in [5, 5.41) is 17.7. The van der Waals surface area contributed by atoms with E-state index in [1.54, 1.807) is 14.0 Å². The zero-order chi connectivity index (χ0) is 13.5. The molecule has 1 atom stereocenters. The molecule has 1 aromatic heterocycles. The second-order valence-electron chi connectivity index (χ2n) is 3.47. The number of carbonyl (C=O) groups excluding carboxylic acids is 1. The average molecular weight is 250 g/mol. The molecule has 0 aliphatic heterocycles. The van der Waals surface area contributed by atoms with E-state index >= 15 is 0 Å². The molecule has 0 radical (unpaired) electrons. The summed E-state index contributed by atoms with van der Waals surface area (Å²) in [7, 11) is 1.67. The van der Waals surface area contributed by atoms with E-state index in [2.05, 4.69) is 27.6 Å². The number of carboxylic acid groups (broad SMARTS) is 1. The molecule has 0 bridgehead atoms. The zero-order valence-electron chi connectivity index (χ0n) is 10.1. The van der Waals surface area contributed by atoms with Gasteiger partial charge in [-0.1, -0.05) is 5.92 Å². The number of aryl methyl sites for hydroxylation is 1. The van der Waals surface area contributed by atoms with Gasteiger partial charge >= 0.3 is 12.0 Å². The number of nitrogens with one attached hydrogen (secondary N) is 2. The van der Waals surface area contributed by atoms with E-state index < -0.39 is 18.0 Å². The lowest BCUT2D eigenvalue weighted by Crippen LogP contribution is -2.40. The second-order valence-corrected chi connectivity index (χ2v) is 3.47. The van der Waals surface area contributed by atoms with Gasteiger partial charge in [-0.15, -0.1) is 5.92 Å². The third kappa shape index (κ3) is 3.83. The maximum atomic E-state index is 11.4. The molecule has 18 heavy (non-hydrogen) atoms. The number of rotatable bonds is 4. The minimum atomic E-state index is -1.15. The Labute approximate surface area is 104 Å². The lowest BCUT2D eigenvalue weighted by Gasteiger charge is -2.12. The number of nitrogens with zero attached hydrogens (tertiary/aromatic N) is 2. The lowest BCUT2D eigenvalue weighted by molar-refractivity contribution is -0.139. The fourth-order valence-electron chi connectivity index (χ4n) is 1.27. The van der Waals surface area contributed by atoms with Gasteiger partial charge in [-0.2, -0.15) is 5.10 Å². The van der Waals surface area contributed by atoms with Crippen molar-refractivity contribution in [2.24, 2.45) is 7.05 Å². The Morgan fingerprint density at radius 3 is 2.83 bits per heavy atom. The molecule has 7 nitrogen and oxygen atoms in total. The Morgan fingerprint density at radius 2 is 2.33 bits per heavy atom. The highest BCUT2D eigenvalue weighted by Crippen LogP contribution is 2.11. The first-order chi connectivity index (χ1) is 8.54. The molecular formula is C11H14N4O3. The monoisotopic (exact) mass is 250 g/mol. The molecule has 0 saturated heterocycles. The highest BCUT2D eigenvalue weighted by Gasteiger charge is 2.23. The van der Waals surface area contributed by atoms with Gasteiger partial charge in [0.25, 0.3) is 0 Å². The van der Waals surface area contributed by atoms with Gasteiger partial charge in [0.15, 0.2) is 6.04 Å². The lowest BCUT2D eigenvalue weighted by atomic mass is 10.1. The Kier molecular flexibility index (Phi) is 4.75. The quantitative estimate of drug-likeness (QED) is 0.648. The van der Waals surface area contributed by atoms with Gasteiger partial charge < -0.3 is 15.7 Å². The Hall–Kier alpha value is -2.49. The van der Waals surface area contributed by atoms with Crippen LogP contribution in [0.25, 0.3) is 0 Å². The van der Waals surface area contributed by atoms with E-state index in [1.165, 1.54) is 17.1 Å². The summed E-state index contributed by atoms with van der Waals surface area (Å²) in [4.78, 5) is 22.5. The first-order valence-corrected chi connectivity index (χ1v) is 5.20. The van der Waals surface area contributed by atoms with Crippen LogP contribution in [0.4, 0.5) is 4.79 Å². The topological polar surface area (TPSA) is 96.2 Å². The van der Waals surface area contributed by atoms with Crippen LogP contribution < -0.4 is 10.6 Å². The average Bonchev–Trinajstić information content (AvgIpc) is 2.72. The molecule has 0 saturated carbocycles. The van der Waals surface area contributed by atoms with Gasteiger partial charge in [0, 0.05) is 18.8 Å². The van der Waals surface area contributed by atoms with Crippen molar-refractivity contribution in [3.63, 3.8) is 0 Å². The van der Waals surface area contributed by atoms with Crippen LogP contribution in [0.5, 0.6) is 0 Å². The minimum absolute atomic E-state index is 0.168. The van der Waals surface area contributed by atoms with Crippen LogP contribution in [-0.4, -0.2) is 33.4 Å². The fourth-order valence-corrected chi connectivity index (χ4v) is 1.27. The van der Waals surface area contributed by atoms with Crippen LogP contribution >= 0.6 is 0 Å². The number of carboxylic acids is 1. The molecule has 3 N–H and O–H groups in total. The van der Waals surface area contributed by atoms with Crippen LogP contribution in [0.15, 0.2) is 12.4 Å². The summed E-state index contributed by atoms with van der Waals surface area (Å²) in [6.45, 7) is 1.82. The van der Waals surface area contributed by atoms with Crippen molar-refractivity contribution in [2.45, 2.75) is 13.0 Å². The molecule has 1 heterocycles.